The highest BCUT2D eigenvalue weighted by Crippen LogP contribution is 2.13. The summed E-state index contributed by atoms with van der Waals surface area (Å²) >= 11 is 0. The van der Waals surface area contributed by atoms with Crippen molar-refractivity contribution < 1.29 is 14.3 Å². The Kier molecular flexibility index (Phi) is 6.10. The van der Waals surface area contributed by atoms with Gasteiger partial charge in [-0.3, -0.25) is 4.79 Å². The molecule has 0 saturated carbocycles. The van der Waals surface area contributed by atoms with Crippen LogP contribution in [0.3, 0.4) is 0 Å². The number of carbonyl (C=O) groups excluding carboxylic acids is 1. The van der Waals surface area contributed by atoms with Gasteiger partial charge in [0, 0.05) is 5.56 Å². The van der Waals surface area contributed by atoms with Gasteiger partial charge >= 0.3 is 0 Å². The Morgan fingerprint density at radius 3 is 1.48 bits per heavy atom. The maximum atomic E-state index is 12.7. The number of benzene rings is 3. The van der Waals surface area contributed by atoms with Crippen molar-refractivity contribution in [1.29, 1.82) is 0 Å². The predicted molar refractivity (Wildman–Crippen MR) is 97.0 cm³/mol. The standard InChI is InChI=1S/C22H20O3/c23-21(20-14-8-3-9-15-20)22(24-16-18-10-4-1-5-11-18)25-17-19-12-6-2-7-13-19/h1-15,22H,16-17H2. The number of ketones is 1. The lowest BCUT2D eigenvalue weighted by molar-refractivity contribution is -0.128. The third-order valence-corrected chi connectivity index (χ3v) is 3.76. The van der Waals surface area contributed by atoms with Crippen molar-refractivity contribution in [3.8, 4) is 0 Å². The maximum absolute atomic E-state index is 12.7. The predicted octanol–water partition coefficient (Wildman–Crippen LogP) is 4.63. The molecule has 3 rings (SSSR count). The zero-order valence-electron chi connectivity index (χ0n) is 13.9. The number of rotatable bonds is 8. The summed E-state index contributed by atoms with van der Waals surface area (Å²) in [6.07, 6.45) is -0.942. The Hall–Kier alpha value is -2.75. The van der Waals surface area contributed by atoms with Gasteiger partial charge in [0.2, 0.25) is 12.1 Å². The lowest BCUT2D eigenvalue weighted by Gasteiger charge is -2.18. The quantitative estimate of drug-likeness (QED) is 0.446. The molecule has 0 spiro atoms. The van der Waals surface area contributed by atoms with E-state index in [1.165, 1.54) is 0 Å². The second-order valence-electron chi connectivity index (χ2n) is 5.66. The van der Waals surface area contributed by atoms with Crippen molar-refractivity contribution >= 4 is 5.78 Å². The molecule has 0 aromatic heterocycles. The molecule has 126 valence electrons. The molecular formula is C22H20O3. The van der Waals surface area contributed by atoms with Crippen LogP contribution in [0.1, 0.15) is 21.5 Å². The second-order valence-corrected chi connectivity index (χ2v) is 5.66. The molecule has 0 N–H and O–H groups in total. The topological polar surface area (TPSA) is 35.5 Å². The van der Waals surface area contributed by atoms with Gasteiger partial charge in [0.25, 0.3) is 0 Å². The SMILES string of the molecule is O=C(c1ccccc1)C(OCc1ccccc1)OCc1ccccc1. The van der Waals surface area contributed by atoms with Crippen molar-refractivity contribution in [1.82, 2.24) is 0 Å². The third kappa shape index (κ3) is 5.11. The summed E-state index contributed by atoms with van der Waals surface area (Å²) in [6, 6.07) is 28.6. The van der Waals surface area contributed by atoms with E-state index in [0.717, 1.165) is 11.1 Å². The highest BCUT2D eigenvalue weighted by Gasteiger charge is 2.21. The first-order chi connectivity index (χ1) is 12.3. The van der Waals surface area contributed by atoms with Crippen molar-refractivity contribution in [3.05, 3.63) is 108 Å². The molecule has 0 aliphatic carbocycles. The fraction of sp³-hybridized carbons (Fsp3) is 0.136. The van der Waals surface area contributed by atoms with Gasteiger partial charge < -0.3 is 9.47 Å². The average Bonchev–Trinajstić information content (AvgIpc) is 2.70. The normalized spacial score (nSPS) is 10.8. The molecule has 0 fully saturated rings. The van der Waals surface area contributed by atoms with Crippen LogP contribution in [0.2, 0.25) is 0 Å². The van der Waals surface area contributed by atoms with E-state index in [2.05, 4.69) is 0 Å². The van der Waals surface area contributed by atoms with E-state index >= 15 is 0 Å². The second kappa shape index (κ2) is 8.92. The van der Waals surface area contributed by atoms with Crippen LogP contribution < -0.4 is 0 Å². The molecule has 0 bridgehead atoms. The third-order valence-electron chi connectivity index (χ3n) is 3.76. The average molecular weight is 332 g/mol. The minimum absolute atomic E-state index is 0.174. The van der Waals surface area contributed by atoms with Gasteiger partial charge in [0.15, 0.2) is 0 Å². The van der Waals surface area contributed by atoms with Crippen LogP contribution in [0, 0.1) is 0 Å². The fourth-order valence-electron chi connectivity index (χ4n) is 2.43. The van der Waals surface area contributed by atoms with Crippen molar-refractivity contribution in [2.24, 2.45) is 0 Å². The van der Waals surface area contributed by atoms with E-state index in [1.807, 2.05) is 78.9 Å². The number of ether oxygens (including phenoxy) is 2. The largest absolute Gasteiger partial charge is 0.341 e. The van der Waals surface area contributed by atoms with E-state index < -0.39 is 6.29 Å². The first kappa shape index (κ1) is 17.1. The molecule has 25 heavy (non-hydrogen) atoms. The molecule has 0 unspecified atom stereocenters. The van der Waals surface area contributed by atoms with Crippen molar-refractivity contribution in [2.75, 3.05) is 0 Å². The van der Waals surface area contributed by atoms with Crippen LogP contribution >= 0.6 is 0 Å². The van der Waals surface area contributed by atoms with Crippen molar-refractivity contribution in [2.45, 2.75) is 19.5 Å². The summed E-state index contributed by atoms with van der Waals surface area (Å²) in [6.45, 7) is 0.637. The number of Topliss-reactive ketones (excluding diaryl/α,β-unsaturated/α-hetero) is 1. The summed E-state index contributed by atoms with van der Waals surface area (Å²) < 4.78 is 11.6. The molecule has 3 aromatic carbocycles. The number of carbonyl (C=O) groups is 1. The summed E-state index contributed by atoms with van der Waals surface area (Å²) in [7, 11) is 0. The lowest BCUT2D eigenvalue weighted by atomic mass is 10.1. The first-order valence-corrected chi connectivity index (χ1v) is 8.23. The monoisotopic (exact) mass is 332 g/mol. The van der Waals surface area contributed by atoms with Crippen LogP contribution in [0.5, 0.6) is 0 Å². The molecule has 0 radical (unpaired) electrons. The molecule has 0 aliphatic rings. The van der Waals surface area contributed by atoms with Gasteiger partial charge in [-0.05, 0) is 11.1 Å². The lowest BCUT2D eigenvalue weighted by Crippen LogP contribution is -2.27. The molecule has 0 atom stereocenters. The number of hydrogen-bond donors (Lipinski definition) is 0. The highest BCUT2D eigenvalue weighted by atomic mass is 16.7. The Morgan fingerprint density at radius 1 is 0.640 bits per heavy atom. The van der Waals surface area contributed by atoms with Crippen LogP contribution in [0.4, 0.5) is 0 Å². The summed E-state index contributed by atoms with van der Waals surface area (Å²) in [5, 5.41) is 0. The minimum atomic E-state index is -0.942. The highest BCUT2D eigenvalue weighted by molar-refractivity contribution is 5.98. The van der Waals surface area contributed by atoms with Gasteiger partial charge in [-0.15, -0.1) is 0 Å². The molecule has 0 amide bonds. The zero-order chi connectivity index (χ0) is 17.3. The summed E-state index contributed by atoms with van der Waals surface area (Å²) in [5.41, 5.74) is 2.57. The van der Waals surface area contributed by atoms with Crippen LogP contribution in [-0.4, -0.2) is 12.1 Å². The van der Waals surface area contributed by atoms with Gasteiger partial charge in [0.05, 0.1) is 13.2 Å². The van der Waals surface area contributed by atoms with Gasteiger partial charge in [0.1, 0.15) is 0 Å². The summed E-state index contributed by atoms with van der Waals surface area (Å²) in [4.78, 5) is 12.7. The van der Waals surface area contributed by atoms with E-state index in [-0.39, 0.29) is 5.78 Å². The van der Waals surface area contributed by atoms with Gasteiger partial charge in [-0.1, -0.05) is 91.0 Å². The van der Waals surface area contributed by atoms with E-state index in [9.17, 15) is 4.79 Å². The molecule has 0 saturated heterocycles. The molecule has 0 heterocycles. The Bertz CT molecular complexity index is 727. The molecule has 3 aromatic rings. The van der Waals surface area contributed by atoms with Crippen LogP contribution in [0.15, 0.2) is 91.0 Å². The van der Waals surface area contributed by atoms with Crippen LogP contribution in [-0.2, 0) is 22.7 Å². The molecular weight excluding hydrogens is 312 g/mol. The van der Waals surface area contributed by atoms with Gasteiger partial charge in [-0.2, -0.15) is 0 Å². The van der Waals surface area contributed by atoms with E-state index in [4.69, 9.17) is 9.47 Å². The molecule has 3 nitrogen and oxygen atoms in total. The smallest absolute Gasteiger partial charge is 0.223 e. The Labute approximate surface area is 147 Å². The zero-order valence-corrected chi connectivity index (χ0v) is 13.9. The van der Waals surface area contributed by atoms with E-state index in [1.54, 1.807) is 12.1 Å². The first-order valence-electron chi connectivity index (χ1n) is 8.23. The summed E-state index contributed by atoms with van der Waals surface area (Å²) in [5.74, 6) is -0.174. The van der Waals surface area contributed by atoms with E-state index in [0.29, 0.717) is 18.8 Å². The molecule has 0 aliphatic heterocycles. The fourth-order valence-corrected chi connectivity index (χ4v) is 2.43. The Morgan fingerprint density at radius 2 is 1.04 bits per heavy atom. The Balaban J connectivity index is 1.69. The van der Waals surface area contributed by atoms with Crippen molar-refractivity contribution in [3.63, 3.8) is 0 Å². The molecule has 3 heteroatoms. The number of hydrogen-bond acceptors (Lipinski definition) is 3. The van der Waals surface area contributed by atoms with Crippen LogP contribution in [0.25, 0.3) is 0 Å². The van der Waals surface area contributed by atoms with Gasteiger partial charge in [-0.25, -0.2) is 0 Å². The minimum Gasteiger partial charge on any atom is -0.341 e. The maximum Gasteiger partial charge on any atom is 0.223 e.